The van der Waals surface area contributed by atoms with Crippen molar-refractivity contribution in [2.24, 2.45) is 0 Å². The van der Waals surface area contributed by atoms with Gasteiger partial charge in [-0.15, -0.1) is 0 Å². The molecule has 4 unspecified atom stereocenters. The van der Waals surface area contributed by atoms with E-state index < -0.39 is 29.9 Å². The minimum atomic E-state index is -0.881. The second kappa shape index (κ2) is 9.01. The first-order valence-electron chi connectivity index (χ1n) is 11.5. The molecule has 5 nitrogen and oxygen atoms in total. The predicted octanol–water partition coefficient (Wildman–Crippen LogP) is 4.62. The second-order valence-corrected chi connectivity index (χ2v) is 9.11. The molecular formula is C28H30O5. The van der Waals surface area contributed by atoms with E-state index >= 15 is 0 Å². The van der Waals surface area contributed by atoms with E-state index in [0.717, 1.165) is 16.7 Å². The van der Waals surface area contributed by atoms with Gasteiger partial charge in [-0.25, -0.2) is 0 Å². The zero-order chi connectivity index (χ0) is 22.9. The smallest absolute Gasteiger partial charge is 0.187 e. The Morgan fingerprint density at radius 3 is 1.79 bits per heavy atom. The van der Waals surface area contributed by atoms with E-state index in [9.17, 15) is 5.11 Å². The van der Waals surface area contributed by atoms with Gasteiger partial charge in [0.25, 0.3) is 0 Å². The molecule has 0 amide bonds. The van der Waals surface area contributed by atoms with Crippen LogP contribution in [0.25, 0.3) is 0 Å². The van der Waals surface area contributed by atoms with Gasteiger partial charge in [-0.2, -0.15) is 0 Å². The van der Waals surface area contributed by atoms with E-state index in [1.54, 1.807) is 0 Å². The average Bonchev–Trinajstić information content (AvgIpc) is 3.35. The van der Waals surface area contributed by atoms with Gasteiger partial charge < -0.3 is 24.1 Å². The van der Waals surface area contributed by atoms with Crippen molar-refractivity contribution in [2.75, 3.05) is 6.61 Å². The summed E-state index contributed by atoms with van der Waals surface area (Å²) in [7, 11) is 0. The van der Waals surface area contributed by atoms with Crippen LogP contribution in [-0.4, -0.2) is 42.1 Å². The van der Waals surface area contributed by atoms with Gasteiger partial charge >= 0.3 is 0 Å². The normalized spacial score (nSPS) is 25.0. The molecule has 0 bridgehead atoms. The number of ether oxygens (including phenoxy) is 4. The molecular weight excluding hydrogens is 416 g/mol. The van der Waals surface area contributed by atoms with Gasteiger partial charge in [0.2, 0.25) is 0 Å². The third-order valence-corrected chi connectivity index (χ3v) is 6.35. The number of aliphatic hydroxyl groups is 1. The summed E-state index contributed by atoms with van der Waals surface area (Å²) < 4.78 is 24.4. The highest BCUT2D eigenvalue weighted by atomic mass is 16.8. The summed E-state index contributed by atoms with van der Waals surface area (Å²) in [6, 6.07) is 30.4. The van der Waals surface area contributed by atoms with Crippen LogP contribution in [0, 0.1) is 0 Å². The van der Waals surface area contributed by atoms with E-state index in [1.165, 1.54) is 0 Å². The lowest BCUT2D eigenvalue weighted by atomic mass is 9.80. The van der Waals surface area contributed by atoms with Gasteiger partial charge in [0, 0.05) is 6.42 Å². The quantitative estimate of drug-likeness (QED) is 0.537. The molecule has 3 aromatic rings. The highest BCUT2D eigenvalue weighted by Crippen LogP contribution is 2.42. The van der Waals surface area contributed by atoms with Crippen LogP contribution >= 0.6 is 0 Å². The standard InChI is InChI=1S/C28H30O5/c1-27(2)32-25-18-24(31-26(25)33-27)23(29)19-30-28(20-12-6-3-7-13-20,21-14-8-4-9-15-21)22-16-10-5-11-17-22/h3-17,23-26,29H,18-19H2,1-2H3. The molecule has 5 heteroatoms. The van der Waals surface area contributed by atoms with Crippen molar-refractivity contribution in [3.05, 3.63) is 108 Å². The number of hydrogen-bond acceptors (Lipinski definition) is 5. The van der Waals surface area contributed by atoms with Crippen molar-refractivity contribution in [3.63, 3.8) is 0 Å². The highest BCUT2D eigenvalue weighted by Gasteiger charge is 2.50. The Labute approximate surface area is 194 Å². The summed E-state index contributed by atoms with van der Waals surface area (Å²) >= 11 is 0. The molecule has 172 valence electrons. The van der Waals surface area contributed by atoms with Crippen molar-refractivity contribution in [2.45, 2.75) is 56.3 Å². The monoisotopic (exact) mass is 446 g/mol. The Morgan fingerprint density at radius 2 is 1.33 bits per heavy atom. The first kappa shape index (κ1) is 22.3. The van der Waals surface area contributed by atoms with Crippen LogP contribution in [0.15, 0.2) is 91.0 Å². The van der Waals surface area contributed by atoms with Crippen LogP contribution in [0.3, 0.4) is 0 Å². The fourth-order valence-electron chi connectivity index (χ4n) is 4.87. The van der Waals surface area contributed by atoms with Crippen LogP contribution in [0.5, 0.6) is 0 Å². The molecule has 2 aliphatic rings. The molecule has 2 aliphatic heterocycles. The molecule has 1 N–H and O–H groups in total. The maximum atomic E-state index is 11.1. The lowest BCUT2D eigenvalue weighted by Crippen LogP contribution is -2.39. The van der Waals surface area contributed by atoms with E-state index in [1.807, 2.05) is 68.4 Å². The zero-order valence-electron chi connectivity index (χ0n) is 19.0. The fraction of sp³-hybridized carbons (Fsp3) is 0.357. The van der Waals surface area contributed by atoms with Crippen molar-refractivity contribution in [1.29, 1.82) is 0 Å². The van der Waals surface area contributed by atoms with Crippen LogP contribution in [-0.2, 0) is 24.5 Å². The Hall–Kier alpha value is -2.54. The molecule has 3 aromatic carbocycles. The van der Waals surface area contributed by atoms with Gasteiger partial charge in [-0.3, -0.25) is 0 Å². The summed E-state index contributed by atoms with van der Waals surface area (Å²) in [5, 5.41) is 11.1. The van der Waals surface area contributed by atoms with Gasteiger partial charge in [0.1, 0.15) is 17.8 Å². The van der Waals surface area contributed by atoms with Crippen molar-refractivity contribution in [3.8, 4) is 0 Å². The van der Waals surface area contributed by atoms with Gasteiger partial charge in [0.05, 0.1) is 12.7 Å². The van der Waals surface area contributed by atoms with Crippen LogP contribution in [0.4, 0.5) is 0 Å². The third kappa shape index (κ3) is 4.35. The Balaban J connectivity index is 1.45. The maximum absolute atomic E-state index is 11.1. The maximum Gasteiger partial charge on any atom is 0.187 e. The Bertz CT molecular complexity index is 925. The summed E-state index contributed by atoms with van der Waals surface area (Å²) in [6.07, 6.45) is -1.32. The second-order valence-electron chi connectivity index (χ2n) is 9.11. The molecule has 5 rings (SSSR count). The zero-order valence-corrected chi connectivity index (χ0v) is 19.0. The molecule has 2 saturated heterocycles. The van der Waals surface area contributed by atoms with Crippen LogP contribution in [0.2, 0.25) is 0 Å². The minimum absolute atomic E-state index is 0.0895. The molecule has 0 aromatic heterocycles. The molecule has 0 spiro atoms. The number of rotatable bonds is 7. The van der Waals surface area contributed by atoms with E-state index in [2.05, 4.69) is 36.4 Å². The van der Waals surface area contributed by atoms with Gasteiger partial charge in [-0.1, -0.05) is 91.0 Å². The lowest BCUT2D eigenvalue weighted by Gasteiger charge is -2.37. The van der Waals surface area contributed by atoms with Crippen LogP contribution < -0.4 is 0 Å². The predicted molar refractivity (Wildman–Crippen MR) is 124 cm³/mol. The molecule has 2 heterocycles. The highest BCUT2D eigenvalue weighted by molar-refractivity contribution is 5.47. The molecule has 2 fully saturated rings. The molecule has 33 heavy (non-hydrogen) atoms. The first-order valence-corrected chi connectivity index (χ1v) is 11.5. The molecule has 0 aliphatic carbocycles. The third-order valence-electron chi connectivity index (χ3n) is 6.35. The number of fused-ring (bicyclic) bond motifs is 1. The van der Waals surface area contributed by atoms with E-state index in [4.69, 9.17) is 18.9 Å². The number of benzene rings is 3. The Morgan fingerprint density at radius 1 is 0.848 bits per heavy atom. The minimum Gasteiger partial charge on any atom is -0.388 e. The van der Waals surface area contributed by atoms with Crippen LogP contribution in [0.1, 0.15) is 37.0 Å². The molecule has 0 radical (unpaired) electrons. The van der Waals surface area contributed by atoms with Gasteiger partial charge in [-0.05, 0) is 30.5 Å². The SMILES string of the molecule is CC1(C)OC2CC(C(O)COC(c3ccccc3)(c3ccccc3)c3ccccc3)OC2O1. The average molecular weight is 447 g/mol. The van der Waals surface area contributed by atoms with E-state index in [-0.39, 0.29) is 12.7 Å². The summed E-state index contributed by atoms with van der Waals surface area (Å²) in [5.74, 6) is -0.662. The first-order chi connectivity index (χ1) is 16.0. The van der Waals surface area contributed by atoms with Crippen molar-refractivity contribution < 1.29 is 24.1 Å². The summed E-state index contributed by atoms with van der Waals surface area (Å²) in [6.45, 7) is 3.83. The largest absolute Gasteiger partial charge is 0.388 e. The topological polar surface area (TPSA) is 57.2 Å². The van der Waals surface area contributed by atoms with Gasteiger partial charge in [0.15, 0.2) is 12.1 Å². The number of aliphatic hydroxyl groups excluding tert-OH is 1. The fourth-order valence-corrected chi connectivity index (χ4v) is 4.87. The lowest BCUT2D eigenvalue weighted by molar-refractivity contribution is -0.217. The van der Waals surface area contributed by atoms with E-state index in [0.29, 0.717) is 6.42 Å². The summed E-state index contributed by atoms with van der Waals surface area (Å²) in [5.41, 5.74) is 2.10. The summed E-state index contributed by atoms with van der Waals surface area (Å²) in [4.78, 5) is 0. The molecule has 0 saturated carbocycles. The number of hydrogen-bond donors (Lipinski definition) is 1. The Kier molecular flexibility index (Phi) is 6.08. The van der Waals surface area contributed by atoms with Crippen molar-refractivity contribution >= 4 is 0 Å². The molecule has 4 atom stereocenters. The van der Waals surface area contributed by atoms with Crippen molar-refractivity contribution in [1.82, 2.24) is 0 Å².